The van der Waals surface area contributed by atoms with E-state index < -0.39 is 0 Å². The number of phenolic OH excluding ortho intramolecular Hbond substituents is 1. The minimum Gasteiger partial charge on any atom is -0.506 e. The topological polar surface area (TPSA) is 63.6 Å². The van der Waals surface area contributed by atoms with Gasteiger partial charge in [0.15, 0.2) is 0 Å². The molecule has 5 heteroatoms. The van der Waals surface area contributed by atoms with Crippen LogP contribution in [0.25, 0.3) is 10.9 Å². The first-order valence-electron chi connectivity index (χ1n) is 7.23. The minimum atomic E-state index is 0.165. The number of para-hydroxylation sites is 3. The zero-order valence-electron chi connectivity index (χ0n) is 13.0. The predicted molar refractivity (Wildman–Crippen MR) is 90.4 cm³/mol. The first-order valence-corrected chi connectivity index (χ1v) is 7.23. The number of nitrogens with one attached hydrogen (secondary N) is 1. The van der Waals surface area contributed by atoms with Gasteiger partial charge in [-0.2, -0.15) is 0 Å². The summed E-state index contributed by atoms with van der Waals surface area (Å²) < 4.78 is 10.7. The molecule has 1 aromatic heterocycles. The molecule has 3 rings (SSSR count). The Morgan fingerprint density at radius 1 is 1.09 bits per heavy atom. The van der Waals surface area contributed by atoms with E-state index in [1.54, 1.807) is 32.4 Å². The SMILES string of the molecule is COCc1cc2cccc(OC)c2nc1Nc1ccccc1O. The molecule has 0 atom stereocenters. The quantitative estimate of drug-likeness (QED) is 0.701. The lowest BCUT2D eigenvalue weighted by molar-refractivity contribution is 0.185. The number of phenols is 1. The fraction of sp³-hybridized carbons (Fsp3) is 0.167. The van der Waals surface area contributed by atoms with Gasteiger partial charge in [-0.05, 0) is 24.3 Å². The van der Waals surface area contributed by atoms with Crippen LogP contribution in [-0.4, -0.2) is 24.3 Å². The summed E-state index contributed by atoms with van der Waals surface area (Å²) in [7, 11) is 3.26. The number of hydrogen-bond donors (Lipinski definition) is 2. The van der Waals surface area contributed by atoms with Crippen molar-refractivity contribution in [2.24, 2.45) is 0 Å². The number of nitrogens with zero attached hydrogens (tertiary/aromatic N) is 1. The molecule has 0 aliphatic carbocycles. The fourth-order valence-electron chi connectivity index (χ4n) is 2.46. The van der Waals surface area contributed by atoms with Crippen molar-refractivity contribution in [3.63, 3.8) is 0 Å². The summed E-state index contributed by atoms with van der Waals surface area (Å²) in [6, 6.07) is 14.8. The molecule has 23 heavy (non-hydrogen) atoms. The smallest absolute Gasteiger partial charge is 0.145 e. The highest BCUT2D eigenvalue weighted by molar-refractivity contribution is 5.87. The molecule has 2 aromatic carbocycles. The summed E-state index contributed by atoms with van der Waals surface area (Å²) in [4.78, 5) is 4.67. The van der Waals surface area contributed by atoms with E-state index in [1.165, 1.54) is 0 Å². The molecule has 0 radical (unpaired) electrons. The van der Waals surface area contributed by atoms with Gasteiger partial charge in [-0.25, -0.2) is 4.98 Å². The molecule has 5 nitrogen and oxygen atoms in total. The lowest BCUT2D eigenvalue weighted by Crippen LogP contribution is -2.02. The van der Waals surface area contributed by atoms with E-state index >= 15 is 0 Å². The number of ether oxygens (including phenoxy) is 2. The van der Waals surface area contributed by atoms with E-state index in [0.29, 0.717) is 23.9 Å². The van der Waals surface area contributed by atoms with Crippen molar-refractivity contribution in [2.45, 2.75) is 6.61 Å². The van der Waals surface area contributed by atoms with Gasteiger partial charge < -0.3 is 19.9 Å². The molecule has 0 bridgehead atoms. The average molecular weight is 310 g/mol. The monoisotopic (exact) mass is 310 g/mol. The van der Waals surface area contributed by atoms with Gasteiger partial charge in [0.1, 0.15) is 22.8 Å². The zero-order chi connectivity index (χ0) is 16.2. The average Bonchev–Trinajstić information content (AvgIpc) is 2.57. The third-order valence-corrected chi connectivity index (χ3v) is 3.56. The van der Waals surface area contributed by atoms with Crippen molar-refractivity contribution in [2.75, 3.05) is 19.5 Å². The molecule has 0 unspecified atom stereocenters. The van der Waals surface area contributed by atoms with E-state index in [-0.39, 0.29) is 5.75 Å². The molecule has 0 fully saturated rings. The highest BCUT2D eigenvalue weighted by Crippen LogP contribution is 2.31. The van der Waals surface area contributed by atoms with Crippen LogP contribution >= 0.6 is 0 Å². The molecule has 1 heterocycles. The van der Waals surface area contributed by atoms with Gasteiger partial charge in [-0.15, -0.1) is 0 Å². The van der Waals surface area contributed by atoms with Crippen molar-refractivity contribution >= 4 is 22.4 Å². The zero-order valence-corrected chi connectivity index (χ0v) is 13.0. The Balaban J connectivity index is 2.13. The maximum Gasteiger partial charge on any atom is 0.145 e. The van der Waals surface area contributed by atoms with E-state index in [4.69, 9.17) is 9.47 Å². The van der Waals surface area contributed by atoms with Gasteiger partial charge in [0.25, 0.3) is 0 Å². The van der Waals surface area contributed by atoms with Crippen molar-refractivity contribution in [3.8, 4) is 11.5 Å². The number of fused-ring (bicyclic) bond motifs is 1. The summed E-state index contributed by atoms with van der Waals surface area (Å²) in [5, 5.41) is 14.1. The molecule has 0 amide bonds. The summed E-state index contributed by atoms with van der Waals surface area (Å²) in [5.41, 5.74) is 2.25. The second-order valence-corrected chi connectivity index (χ2v) is 5.10. The Morgan fingerprint density at radius 2 is 1.91 bits per heavy atom. The molecule has 3 aromatic rings. The van der Waals surface area contributed by atoms with E-state index in [9.17, 15) is 5.11 Å². The molecule has 118 valence electrons. The number of anilines is 2. The molecular weight excluding hydrogens is 292 g/mol. The first kappa shape index (κ1) is 15.1. The van der Waals surface area contributed by atoms with Gasteiger partial charge >= 0.3 is 0 Å². The molecule has 0 saturated carbocycles. The van der Waals surface area contributed by atoms with Crippen molar-refractivity contribution < 1.29 is 14.6 Å². The Morgan fingerprint density at radius 3 is 2.65 bits per heavy atom. The van der Waals surface area contributed by atoms with Crippen LogP contribution in [0, 0.1) is 0 Å². The molecule has 0 saturated heterocycles. The Kier molecular flexibility index (Phi) is 4.30. The second-order valence-electron chi connectivity index (χ2n) is 5.10. The standard InChI is InChI=1S/C18H18N2O3/c1-22-11-13-10-12-6-5-9-16(23-2)17(12)20-18(13)19-14-7-3-4-8-15(14)21/h3-10,21H,11H2,1-2H3,(H,19,20). The number of rotatable bonds is 5. The van der Waals surface area contributed by atoms with Crippen LogP contribution in [0.3, 0.4) is 0 Å². The van der Waals surface area contributed by atoms with E-state index in [0.717, 1.165) is 16.5 Å². The van der Waals surface area contributed by atoms with Crippen LogP contribution < -0.4 is 10.1 Å². The Labute approximate surface area is 134 Å². The molecule has 0 spiro atoms. The summed E-state index contributed by atoms with van der Waals surface area (Å²) in [6.45, 7) is 0.413. The Hall–Kier alpha value is -2.79. The van der Waals surface area contributed by atoms with Crippen LogP contribution in [0.15, 0.2) is 48.5 Å². The first-order chi connectivity index (χ1) is 11.2. The predicted octanol–water partition coefficient (Wildman–Crippen LogP) is 3.84. The van der Waals surface area contributed by atoms with Crippen LogP contribution in [0.2, 0.25) is 0 Å². The number of benzene rings is 2. The van der Waals surface area contributed by atoms with Gasteiger partial charge in [0.05, 0.1) is 19.4 Å². The number of pyridine rings is 1. The molecule has 0 aliphatic heterocycles. The van der Waals surface area contributed by atoms with Gasteiger partial charge in [0.2, 0.25) is 0 Å². The largest absolute Gasteiger partial charge is 0.506 e. The van der Waals surface area contributed by atoms with Crippen LogP contribution in [0.4, 0.5) is 11.5 Å². The number of aromatic hydroxyl groups is 1. The van der Waals surface area contributed by atoms with Crippen molar-refractivity contribution in [3.05, 3.63) is 54.1 Å². The third-order valence-electron chi connectivity index (χ3n) is 3.56. The normalized spacial score (nSPS) is 10.7. The maximum atomic E-state index is 9.96. The van der Waals surface area contributed by atoms with Crippen molar-refractivity contribution in [1.82, 2.24) is 4.98 Å². The number of methoxy groups -OCH3 is 2. The van der Waals surface area contributed by atoms with Crippen LogP contribution in [0.1, 0.15) is 5.56 Å². The van der Waals surface area contributed by atoms with Gasteiger partial charge in [-0.3, -0.25) is 0 Å². The molecule has 0 aliphatic rings. The van der Waals surface area contributed by atoms with Crippen LogP contribution in [-0.2, 0) is 11.3 Å². The highest BCUT2D eigenvalue weighted by atomic mass is 16.5. The van der Waals surface area contributed by atoms with Crippen LogP contribution in [0.5, 0.6) is 11.5 Å². The molecule has 2 N–H and O–H groups in total. The van der Waals surface area contributed by atoms with Gasteiger partial charge in [0, 0.05) is 18.1 Å². The van der Waals surface area contributed by atoms with Gasteiger partial charge in [-0.1, -0.05) is 24.3 Å². The summed E-state index contributed by atoms with van der Waals surface area (Å²) in [5.74, 6) is 1.50. The molecular formula is C18H18N2O3. The second kappa shape index (κ2) is 6.54. The minimum absolute atomic E-state index is 0.165. The van der Waals surface area contributed by atoms with E-state index in [2.05, 4.69) is 10.3 Å². The lowest BCUT2D eigenvalue weighted by atomic mass is 10.1. The van der Waals surface area contributed by atoms with E-state index in [1.807, 2.05) is 30.3 Å². The van der Waals surface area contributed by atoms with Crippen molar-refractivity contribution in [1.29, 1.82) is 0 Å². The third kappa shape index (κ3) is 3.05. The summed E-state index contributed by atoms with van der Waals surface area (Å²) in [6.07, 6.45) is 0. The number of hydrogen-bond acceptors (Lipinski definition) is 5. The highest BCUT2D eigenvalue weighted by Gasteiger charge is 2.11. The fourth-order valence-corrected chi connectivity index (χ4v) is 2.46. The lowest BCUT2D eigenvalue weighted by Gasteiger charge is -2.14. The maximum absolute atomic E-state index is 9.96. The summed E-state index contributed by atoms with van der Waals surface area (Å²) >= 11 is 0. The Bertz CT molecular complexity index is 834. The number of aromatic nitrogens is 1.